The Balaban J connectivity index is 1.99. The van der Waals surface area contributed by atoms with Gasteiger partial charge in [0.05, 0.1) is 0 Å². The summed E-state index contributed by atoms with van der Waals surface area (Å²) in [6.45, 7) is 0. The highest BCUT2D eigenvalue weighted by Crippen LogP contribution is 2.37. The van der Waals surface area contributed by atoms with Crippen LogP contribution in [0.1, 0.15) is 38.5 Å². The summed E-state index contributed by atoms with van der Waals surface area (Å²) >= 11 is 0. The van der Waals surface area contributed by atoms with Crippen molar-refractivity contribution in [2.24, 2.45) is 11.8 Å². The molecular formula is C12H17NO. The Bertz CT molecular complexity index is 266. The van der Waals surface area contributed by atoms with Gasteiger partial charge in [-0.05, 0) is 25.2 Å². The number of hydrogen-bond acceptors (Lipinski definition) is 1. The lowest BCUT2D eigenvalue weighted by molar-refractivity contribution is -0.123. The standard InChI is InChI=1S/C12H17NO/c1-2-3-8-11-9-6-4-5-7-10(9)12(14)13-11/h1,9-11H,3-8H2,(H,13,14)/t9-,10+,11+/m0/s1. The molecule has 0 aromatic rings. The van der Waals surface area contributed by atoms with Crippen LogP contribution in [0, 0.1) is 24.2 Å². The van der Waals surface area contributed by atoms with Crippen LogP contribution in [0.15, 0.2) is 0 Å². The molecule has 2 rings (SSSR count). The maximum atomic E-state index is 11.6. The lowest BCUT2D eigenvalue weighted by atomic mass is 9.77. The average Bonchev–Trinajstić information content (AvgIpc) is 2.54. The maximum absolute atomic E-state index is 11.6. The van der Waals surface area contributed by atoms with E-state index in [9.17, 15) is 4.79 Å². The molecule has 3 atom stereocenters. The fourth-order valence-corrected chi connectivity index (χ4v) is 2.89. The number of fused-ring (bicyclic) bond motifs is 1. The molecule has 0 aromatic carbocycles. The van der Waals surface area contributed by atoms with E-state index in [1.807, 2.05) is 0 Å². The van der Waals surface area contributed by atoms with Gasteiger partial charge in [-0.15, -0.1) is 12.3 Å². The Kier molecular flexibility index (Phi) is 2.77. The minimum Gasteiger partial charge on any atom is -0.353 e. The molecule has 1 heterocycles. The lowest BCUT2D eigenvalue weighted by Gasteiger charge is -2.26. The minimum absolute atomic E-state index is 0.275. The summed E-state index contributed by atoms with van der Waals surface area (Å²) in [5.41, 5.74) is 0. The van der Waals surface area contributed by atoms with E-state index in [4.69, 9.17) is 6.42 Å². The molecule has 1 amide bonds. The van der Waals surface area contributed by atoms with Crippen LogP contribution in [-0.4, -0.2) is 11.9 Å². The van der Waals surface area contributed by atoms with Crippen molar-refractivity contribution in [3.63, 3.8) is 0 Å². The second kappa shape index (κ2) is 4.04. The average molecular weight is 191 g/mol. The molecule has 1 aliphatic heterocycles. The fourth-order valence-electron chi connectivity index (χ4n) is 2.89. The zero-order valence-electron chi connectivity index (χ0n) is 8.46. The second-order valence-corrected chi connectivity index (χ2v) is 4.41. The molecule has 1 N–H and O–H groups in total. The Labute approximate surface area is 85.5 Å². The van der Waals surface area contributed by atoms with Gasteiger partial charge >= 0.3 is 0 Å². The van der Waals surface area contributed by atoms with E-state index >= 15 is 0 Å². The predicted octanol–water partition coefficient (Wildman–Crippen LogP) is 1.70. The van der Waals surface area contributed by atoms with Crippen LogP contribution in [0.25, 0.3) is 0 Å². The number of carbonyl (C=O) groups excluding carboxylic acids is 1. The van der Waals surface area contributed by atoms with Crippen LogP contribution >= 0.6 is 0 Å². The number of amides is 1. The van der Waals surface area contributed by atoms with Crippen LogP contribution in [-0.2, 0) is 4.79 Å². The lowest BCUT2D eigenvalue weighted by Crippen LogP contribution is -2.29. The molecule has 2 nitrogen and oxygen atoms in total. The molecule has 76 valence electrons. The second-order valence-electron chi connectivity index (χ2n) is 4.41. The van der Waals surface area contributed by atoms with E-state index in [2.05, 4.69) is 11.2 Å². The van der Waals surface area contributed by atoms with Gasteiger partial charge in [0.25, 0.3) is 0 Å². The van der Waals surface area contributed by atoms with E-state index in [0.717, 1.165) is 19.3 Å². The molecule has 0 radical (unpaired) electrons. The summed E-state index contributed by atoms with van der Waals surface area (Å²) in [6.07, 6.45) is 11.8. The first-order valence-electron chi connectivity index (χ1n) is 5.57. The van der Waals surface area contributed by atoms with Crippen LogP contribution in [0.2, 0.25) is 0 Å². The number of terminal acetylenes is 1. The predicted molar refractivity (Wildman–Crippen MR) is 55.4 cm³/mol. The third kappa shape index (κ3) is 1.64. The Morgan fingerprint density at radius 3 is 3.00 bits per heavy atom. The highest BCUT2D eigenvalue weighted by molar-refractivity contribution is 5.81. The van der Waals surface area contributed by atoms with Gasteiger partial charge in [-0.3, -0.25) is 4.79 Å². The number of nitrogens with one attached hydrogen (secondary N) is 1. The fraction of sp³-hybridized carbons (Fsp3) is 0.750. The zero-order chi connectivity index (χ0) is 9.97. The topological polar surface area (TPSA) is 29.1 Å². The summed E-state index contributed by atoms with van der Waals surface area (Å²) in [7, 11) is 0. The van der Waals surface area contributed by atoms with Crippen LogP contribution in [0.5, 0.6) is 0 Å². The number of hydrogen-bond donors (Lipinski definition) is 1. The molecule has 0 spiro atoms. The van der Waals surface area contributed by atoms with Crippen molar-refractivity contribution in [2.75, 3.05) is 0 Å². The molecule has 0 aromatic heterocycles. The molecular weight excluding hydrogens is 174 g/mol. The maximum Gasteiger partial charge on any atom is 0.223 e. The van der Waals surface area contributed by atoms with Crippen molar-refractivity contribution in [1.82, 2.24) is 5.32 Å². The van der Waals surface area contributed by atoms with Crippen molar-refractivity contribution in [3.8, 4) is 12.3 Å². The van der Waals surface area contributed by atoms with Crippen molar-refractivity contribution >= 4 is 5.91 Å². The largest absolute Gasteiger partial charge is 0.353 e. The molecule has 1 aliphatic carbocycles. The zero-order valence-corrected chi connectivity index (χ0v) is 8.46. The van der Waals surface area contributed by atoms with Gasteiger partial charge in [0.1, 0.15) is 0 Å². The SMILES string of the molecule is C#CCC[C@H]1NC(=O)[C@@H]2CCCC[C@H]12. The van der Waals surface area contributed by atoms with E-state index in [1.165, 1.54) is 19.3 Å². The van der Waals surface area contributed by atoms with Gasteiger partial charge in [-0.2, -0.15) is 0 Å². The summed E-state index contributed by atoms with van der Waals surface area (Å²) in [5.74, 6) is 3.80. The van der Waals surface area contributed by atoms with Gasteiger partial charge in [0.15, 0.2) is 0 Å². The van der Waals surface area contributed by atoms with Crippen LogP contribution < -0.4 is 5.32 Å². The molecule has 14 heavy (non-hydrogen) atoms. The van der Waals surface area contributed by atoms with Crippen molar-refractivity contribution in [1.29, 1.82) is 0 Å². The molecule has 2 aliphatic rings. The van der Waals surface area contributed by atoms with Gasteiger partial charge in [-0.1, -0.05) is 12.8 Å². The summed E-state index contributed by atoms with van der Waals surface area (Å²) in [5, 5.41) is 3.10. The molecule has 1 saturated heterocycles. The van der Waals surface area contributed by atoms with E-state index in [0.29, 0.717) is 17.9 Å². The molecule has 0 bridgehead atoms. The van der Waals surface area contributed by atoms with E-state index in [-0.39, 0.29) is 5.91 Å². The monoisotopic (exact) mass is 191 g/mol. The Morgan fingerprint density at radius 1 is 1.43 bits per heavy atom. The van der Waals surface area contributed by atoms with Crippen molar-refractivity contribution in [2.45, 2.75) is 44.6 Å². The van der Waals surface area contributed by atoms with E-state index < -0.39 is 0 Å². The summed E-state index contributed by atoms with van der Waals surface area (Å²) in [4.78, 5) is 11.6. The number of rotatable bonds is 2. The normalized spacial score (nSPS) is 35.9. The van der Waals surface area contributed by atoms with Gasteiger partial charge in [0.2, 0.25) is 5.91 Å². The molecule has 0 unspecified atom stereocenters. The van der Waals surface area contributed by atoms with Crippen LogP contribution in [0.4, 0.5) is 0 Å². The van der Waals surface area contributed by atoms with Crippen molar-refractivity contribution in [3.05, 3.63) is 0 Å². The van der Waals surface area contributed by atoms with Crippen LogP contribution in [0.3, 0.4) is 0 Å². The van der Waals surface area contributed by atoms with Gasteiger partial charge in [-0.25, -0.2) is 0 Å². The quantitative estimate of drug-likeness (QED) is 0.661. The van der Waals surface area contributed by atoms with Gasteiger partial charge < -0.3 is 5.32 Å². The first-order chi connectivity index (χ1) is 6.83. The smallest absolute Gasteiger partial charge is 0.223 e. The van der Waals surface area contributed by atoms with Crippen molar-refractivity contribution < 1.29 is 4.79 Å². The Morgan fingerprint density at radius 2 is 2.21 bits per heavy atom. The highest BCUT2D eigenvalue weighted by atomic mass is 16.2. The molecule has 2 heteroatoms. The van der Waals surface area contributed by atoms with E-state index in [1.54, 1.807) is 0 Å². The minimum atomic E-state index is 0.275. The molecule has 2 fully saturated rings. The molecule has 1 saturated carbocycles. The summed E-state index contributed by atoms with van der Waals surface area (Å²) < 4.78 is 0. The highest BCUT2D eigenvalue weighted by Gasteiger charge is 2.42. The Hall–Kier alpha value is -0.970. The first kappa shape index (κ1) is 9.58. The summed E-state index contributed by atoms with van der Waals surface area (Å²) in [6, 6.07) is 0.365. The third-order valence-electron chi connectivity index (χ3n) is 3.60. The van der Waals surface area contributed by atoms with Gasteiger partial charge in [0, 0.05) is 18.4 Å². The first-order valence-corrected chi connectivity index (χ1v) is 5.57. The third-order valence-corrected chi connectivity index (χ3v) is 3.60. The number of carbonyl (C=O) groups is 1.